The highest BCUT2D eigenvalue weighted by molar-refractivity contribution is 5.91. The Bertz CT molecular complexity index is 520. The van der Waals surface area contributed by atoms with Crippen molar-refractivity contribution in [2.45, 2.75) is 13.3 Å². The summed E-state index contributed by atoms with van der Waals surface area (Å²) in [6.07, 6.45) is 0.735. The van der Waals surface area contributed by atoms with Crippen LogP contribution in [-0.2, 0) is 4.79 Å². The van der Waals surface area contributed by atoms with E-state index in [1.807, 2.05) is 6.92 Å². The predicted molar refractivity (Wildman–Crippen MR) is 74.3 cm³/mol. The van der Waals surface area contributed by atoms with E-state index in [1.54, 1.807) is 4.90 Å². The van der Waals surface area contributed by atoms with E-state index in [4.69, 9.17) is 10.8 Å². The second-order valence-corrected chi connectivity index (χ2v) is 4.29. The lowest BCUT2D eigenvalue weighted by molar-refractivity contribution is -0.119. The molecule has 0 bridgehead atoms. The molecule has 1 amide bonds. The number of carboxylic acid groups (broad SMARTS) is 1. The predicted octanol–water partition coefficient (Wildman–Crippen LogP) is 1.07. The number of carboxylic acids is 1. The van der Waals surface area contributed by atoms with Gasteiger partial charge in [0.25, 0.3) is 0 Å². The van der Waals surface area contributed by atoms with Crippen LogP contribution in [0.25, 0.3) is 0 Å². The summed E-state index contributed by atoms with van der Waals surface area (Å²) in [5, 5.41) is 11.3. The van der Waals surface area contributed by atoms with Crippen molar-refractivity contribution in [2.24, 2.45) is 0 Å². The summed E-state index contributed by atoms with van der Waals surface area (Å²) in [6.45, 7) is 2.44. The number of halogens is 1. The summed E-state index contributed by atoms with van der Waals surface area (Å²) in [5.41, 5.74) is 5.73. The van der Waals surface area contributed by atoms with Gasteiger partial charge in [-0.15, -0.1) is 0 Å². The maximum Gasteiger partial charge on any atom is 0.338 e. The maximum absolute atomic E-state index is 13.7. The number of nitrogens with zero attached hydrogens (tertiary/aromatic N) is 1. The molecule has 20 heavy (non-hydrogen) atoms. The van der Waals surface area contributed by atoms with Gasteiger partial charge >= 0.3 is 5.97 Å². The molecule has 7 heteroatoms. The second-order valence-electron chi connectivity index (χ2n) is 4.29. The van der Waals surface area contributed by atoms with Crippen LogP contribution in [0.3, 0.4) is 0 Å². The number of nitrogens with one attached hydrogen (secondary N) is 1. The van der Waals surface area contributed by atoms with Crippen molar-refractivity contribution in [2.75, 3.05) is 30.8 Å². The topological polar surface area (TPSA) is 95.7 Å². The number of nitrogens with two attached hydrogens (primary N) is 1. The molecular weight excluding hydrogens is 265 g/mol. The molecule has 0 fully saturated rings. The monoisotopic (exact) mass is 283 g/mol. The number of benzene rings is 1. The number of nitrogen functional groups attached to an aromatic ring is 1. The summed E-state index contributed by atoms with van der Waals surface area (Å²) in [5.74, 6) is -2.49. The van der Waals surface area contributed by atoms with Crippen molar-refractivity contribution in [3.05, 3.63) is 23.5 Å². The zero-order chi connectivity index (χ0) is 15.3. The van der Waals surface area contributed by atoms with Gasteiger partial charge in [0.15, 0.2) is 0 Å². The van der Waals surface area contributed by atoms with E-state index >= 15 is 0 Å². The first kappa shape index (κ1) is 15.7. The van der Waals surface area contributed by atoms with Crippen LogP contribution < -0.4 is 16.0 Å². The summed E-state index contributed by atoms with van der Waals surface area (Å²) in [7, 11) is 1.50. The Morgan fingerprint density at radius 2 is 2.10 bits per heavy atom. The fourth-order valence-electron chi connectivity index (χ4n) is 1.82. The van der Waals surface area contributed by atoms with Crippen molar-refractivity contribution in [1.82, 2.24) is 5.32 Å². The Morgan fingerprint density at radius 3 is 2.60 bits per heavy atom. The van der Waals surface area contributed by atoms with Crippen LogP contribution in [0.2, 0.25) is 0 Å². The van der Waals surface area contributed by atoms with Crippen LogP contribution in [0.15, 0.2) is 12.1 Å². The van der Waals surface area contributed by atoms with Crippen molar-refractivity contribution in [3.8, 4) is 0 Å². The Hall–Kier alpha value is -2.31. The Balaban J connectivity index is 3.16. The first-order valence-electron chi connectivity index (χ1n) is 6.18. The third-order valence-corrected chi connectivity index (χ3v) is 2.79. The Labute approximate surface area is 116 Å². The number of aromatic carboxylic acids is 1. The standard InChI is InChI=1S/C13H18FN3O3/c1-3-4-17(7-12(18)16-2)11-6-9(14)8(13(19)20)5-10(11)15/h5-6H,3-4,7,15H2,1-2H3,(H,16,18)(H,19,20). The van der Waals surface area contributed by atoms with E-state index in [9.17, 15) is 14.0 Å². The highest BCUT2D eigenvalue weighted by Crippen LogP contribution is 2.27. The van der Waals surface area contributed by atoms with Gasteiger partial charge in [-0.25, -0.2) is 9.18 Å². The lowest BCUT2D eigenvalue weighted by Gasteiger charge is -2.25. The van der Waals surface area contributed by atoms with Crippen LogP contribution in [0.4, 0.5) is 15.8 Å². The smallest absolute Gasteiger partial charge is 0.338 e. The van der Waals surface area contributed by atoms with E-state index < -0.39 is 17.3 Å². The Kier molecular flexibility index (Phi) is 5.31. The molecule has 0 unspecified atom stereocenters. The van der Waals surface area contributed by atoms with Gasteiger partial charge < -0.3 is 21.1 Å². The molecule has 4 N–H and O–H groups in total. The van der Waals surface area contributed by atoms with Gasteiger partial charge in [0.1, 0.15) is 5.82 Å². The van der Waals surface area contributed by atoms with E-state index in [1.165, 1.54) is 7.05 Å². The Morgan fingerprint density at radius 1 is 1.45 bits per heavy atom. The first-order chi connectivity index (χ1) is 9.40. The minimum atomic E-state index is -1.38. The average Bonchev–Trinajstić information content (AvgIpc) is 2.40. The van der Waals surface area contributed by atoms with Crippen LogP contribution in [0.5, 0.6) is 0 Å². The largest absolute Gasteiger partial charge is 0.478 e. The van der Waals surface area contributed by atoms with Gasteiger partial charge in [-0.05, 0) is 12.5 Å². The van der Waals surface area contributed by atoms with Crippen LogP contribution in [0.1, 0.15) is 23.7 Å². The number of carbonyl (C=O) groups excluding carboxylic acids is 1. The van der Waals surface area contributed by atoms with E-state index in [0.717, 1.165) is 18.6 Å². The number of amides is 1. The van der Waals surface area contributed by atoms with Crippen LogP contribution >= 0.6 is 0 Å². The molecule has 110 valence electrons. The van der Waals surface area contributed by atoms with Gasteiger partial charge in [0.05, 0.1) is 23.5 Å². The molecule has 0 aromatic heterocycles. The van der Waals surface area contributed by atoms with Crippen molar-refractivity contribution in [1.29, 1.82) is 0 Å². The lowest BCUT2D eigenvalue weighted by Crippen LogP contribution is -2.36. The van der Waals surface area contributed by atoms with E-state index in [0.29, 0.717) is 12.2 Å². The number of anilines is 2. The van der Waals surface area contributed by atoms with Gasteiger partial charge in [0.2, 0.25) is 5.91 Å². The number of rotatable bonds is 6. The van der Waals surface area contributed by atoms with Crippen molar-refractivity contribution < 1.29 is 19.1 Å². The van der Waals surface area contributed by atoms with Crippen LogP contribution in [0, 0.1) is 5.82 Å². The highest BCUT2D eigenvalue weighted by atomic mass is 19.1. The molecule has 0 saturated carbocycles. The third kappa shape index (κ3) is 3.59. The molecule has 0 spiro atoms. The van der Waals surface area contributed by atoms with Gasteiger partial charge in [-0.3, -0.25) is 4.79 Å². The van der Waals surface area contributed by atoms with E-state index in [2.05, 4.69) is 5.32 Å². The van der Waals surface area contributed by atoms with Gasteiger partial charge in [-0.2, -0.15) is 0 Å². The van der Waals surface area contributed by atoms with Crippen molar-refractivity contribution >= 4 is 23.3 Å². The summed E-state index contributed by atoms with van der Waals surface area (Å²) in [6, 6.07) is 2.12. The maximum atomic E-state index is 13.7. The molecule has 1 aromatic rings. The summed E-state index contributed by atoms with van der Waals surface area (Å²) >= 11 is 0. The fourth-order valence-corrected chi connectivity index (χ4v) is 1.82. The summed E-state index contributed by atoms with van der Waals surface area (Å²) < 4.78 is 13.7. The van der Waals surface area contributed by atoms with Crippen molar-refractivity contribution in [3.63, 3.8) is 0 Å². The fraction of sp³-hybridized carbons (Fsp3) is 0.385. The molecule has 0 aliphatic rings. The normalized spacial score (nSPS) is 10.2. The number of carbonyl (C=O) groups is 2. The number of likely N-dealkylation sites (N-methyl/N-ethyl adjacent to an activating group) is 1. The first-order valence-corrected chi connectivity index (χ1v) is 6.18. The molecule has 0 radical (unpaired) electrons. The lowest BCUT2D eigenvalue weighted by atomic mass is 10.1. The molecular formula is C13H18FN3O3. The molecule has 0 aliphatic carbocycles. The molecule has 1 rings (SSSR count). The molecule has 0 aliphatic heterocycles. The zero-order valence-electron chi connectivity index (χ0n) is 11.4. The zero-order valence-corrected chi connectivity index (χ0v) is 11.4. The minimum Gasteiger partial charge on any atom is -0.478 e. The molecule has 1 aromatic carbocycles. The van der Waals surface area contributed by atoms with Crippen LogP contribution in [-0.4, -0.2) is 37.1 Å². The molecule has 0 atom stereocenters. The number of hydrogen-bond donors (Lipinski definition) is 3. The number of hydrogen-bond acceptors (Lipinski definition) is 4. The highest BCUT2D eigenvalue weighted by Gasteiger charge is 2.18. The van der Waals surface area contributed by atoms with Gasteiger partial charge in [-0.1, -0.05) is 6.92 Å². The molecule has 6 nitrogen and oxygen atoms in total. The SMILES string of the molecule is CCCN(CC(=O)NC)c1cc(F)c(C(=O)O)cc1N. The van der Waals surface area contributed by atoms with E-state index in [-0.39, 0.29) is 18.1 Å². The summed E-state index contributed by atoms with van der Waals surface area (Å²) in [4.78, 5) is 23.9. The second kappa shape index (κ2) is 6.74. The average molecular weight is 283 g/mol. The molecule has 0 heterocycles. The third-order valence-electron chi connectivity index (χ3n) is 2.79. The minimum absolute atomic E-state index is 0.0282. The quantitative estimate of drug-likeness (QED) is 0.679. The van der Waals surface area contributed by atoms with Gasteiger partial charge in [0, 0.05) is 19.7 Å². The molecule has 0 saturated heterocycles.